The Morgan fingerprint density at radius 2 is 1.60 bits per heavy atom. The maximum Gasteiger partial charge on any atom is 0.134 e. The van der Waals surface area contributed by atoms with Crippen molar-refractivity contribution in [3.63, 3.8) is 0 Å². The molecule has 0 saturated heterocycles. The predicted octanol–water partition coefficient (Wildman–Crippen LogP) is 4.59. The van der Waals surface area contributed by atoms with E-state index in [4.69, 9.17) is 4.98 Å². The van der Waals surface area contributed by atoms with Crippen molar-refractivity contribution >= 4 is 10.8 Å². The molecule has 0 atom stereocenters. The molecule has 0 unspecified atom stereocenters. The first-order valence-electron chi connectivity index (χ1n) is 6.87. The van der Waals surface area contributed by atoms with Crippen molar-refractivity contribution in [1.82, 2.24) is 9.97 Å². The summed E-state index contributed by atoms with van der Waals surface area (Å²) in [5.74, 6) is 0.878. The van der Waals surface area contributed by atoms with E-state index in [0.717, 1.165) is 17.1 Å². The number of hydrogen-bond acceptors (Lipinski definition) is 2. The largest absolute Gasteiger partial charge is 0.241 e. The van der Waals surface area contributed by atoms with Gasteiger partial charge >= 0.3 is 0 Å². The van der Waals surface area contributed by atoms with E-state index in [2.05, 4.69) is 68.2 Å². The van der Waals surface area contributed by atoms with Gasteiger partial charge in [-0.05, 0) is 16.8 Å². The number of fused-ring (bicyclic) bond motifs is 1. The summed E-state index contributed by atoms with van der Waals surface area (Å²) in [7, 11) is 0. The fourth-order valence-corrected chi connectivity index (χ4v) is 2.32. The van der Waals surface area contributed by atoms with E-state index in [1.165, 1.54) is 10.8 Å². The highest BCUT2D eigenvalue weighted by atomic mass is 14.9. The average molecular weight is 262 g/mol. The Hall–Kier alpha value is -2.22. The molecule has 0 saturated carbocycles. The van der Waals surface area contributed by atoms with E-state index in [1.54, 1.807) is 0 Å². The molecule has 0 aliphatic rings. The minimum atomic E-state index is -0.0411. The molecular weight excluding hydrogens is 244 g/mol. The number of nitrogens with zero attached hydrogens (tertiary/aromatic N) is 2. The Bertz CT molecular complexity index is 749. The third kappa shape index (κ3) is 2.29. The second-order valence-electron chi connectivity index (χ2n) is 6.04. The van der Waals surface area contributed by atoms with Crippen molar-refractivity contribution < 1.29 is 0 Å². The van der Waals surface area contributed by atoms with E-state index in [-0.39, 0.29) is 5.41 Å². The molecule has 2 heteroatoms. The van der Waals surface area contributed by atoms with Gasteiger partial charge in [-0.25, -0.2) is 9.97 Å². The molecule has 0 bridgehead atoms. The van der Waals surface area contributed by atoms with Gasteiger partial charge in [0.2, 0.25) is 0 Å². The lowest BCUT2D eigenvalue weighted by Crippen LogP contribution is -2.15. The Labute approximate surface area is 119 Å². The predicted molar refractivity (Wildman–Crippen MR) is 83.7 cm³/mol. The van der Waals surface area contributed by atoms with Crippen molar-refractivity contribution in [3.05, 3.63) is 60.6 Å². The summed E-state index contributed by atoms with van der Waals surface area (Å²) in [6.07, 6.45) is 1.85. The van der Waals surface area contributed by atoms with Crippen molar-refractivity contribution in [2.45, 2.75) is 26.2 Å². The van der Waals surface area contributed by atoms with Crippen LogP contribution in [0.4, 0.5) is 0 Å². The smallest absolute Gasteiger partial charge is 0.134 e. The fourth-order valence-electron chi connectivity index (χ4n) is 2.32. The molecule has 0 amide bonds. The summed E-state index contributed by atoms with van der Waals surface area (Å²) in [5, 5.41) is 2.47. The third-order valence-electron chi connectivity index (χ3n) is 3.39. The molecule has 0 fully saturated rings. The van der Waals surface area contributed by atoms with Crippen LogP contribution < -0.4 is 0 Å². The molecule has 1 heterocycles. The van der Waals surface area contributed by atoms with E-state index < -0.39 is 0 Å². The van der Waals surface area contributed by atoms with Crippen molar-refractivity contribution in [3.8, 4) is 11.3 Å². The number of hydrogen-bond donors (Lipinski definition) is 0. The van der Waals surface area contributed by atoms with Crippen molar-refractivity contribution in [2.75, 3.05) is 0 Å². The molecule has 1 aromatic heterocycles. The minimum Gasteiger partial charge on any atom is -0.241 e. The Kier molecular flexibility index (Phi) is 3.01. The molecule has 0 radical (unpaired) electrons. The molecule has 0 N–H and O–H groups in total. The van der Waals surface area contributed by atoms with Crippen molar-refractivity contribution in [1.29, 1.82) is 0 Å². The van der Waals surface area contributed by atoms with Crippen LogP contribution >= 0.6 is 0 Å². The minimum absolute atomic E-state index is 0.0411. The zero-order valence-corrected chi connectivity index (χ0v) is 12.1. The third-order valence-corrected chi connectivity index (χ3v) is 3.39. The second kappa shape index (κ2) is 4.71. The number of rotatable bonds is 1. The van der Waals surface area contributed by atoms with Crippen LogP contribution in [0, 0.1) is 0 Å². The normalized spacial score (nSPS) is 11.8. The van der Waals surface area contributed by atoms with Crippen LogP contribution in [0.25, 0.3) is 22.0 Å². The Balaban J connectivity index is 2.21. The van der Waals surface area contributed by atoms with Crippen LogP contribution in [-0.2, 0) is 5.41 Å². The lowest BCUT2D eigenvalue weighted by molar-refractivity contribution is 0.546. The van der Waals surface area contributed by atoms with Gasteiger partial charge in [0.25, 0.3) is 0 Å². The highest BCUT2D eigenvalue weighted by Crippen LogP contribution is 2.28. The summed E-state index contributed by atoms with van der Waals surface area (Å²) >= 11 is 0. The molecule has 20 heavy (non-hydrogen) atoms. The van der Waals surface area contributed by atoms with Gasteiger partial charge in [0.15, 0.2) is 0 Å². The Morgan fingerprint density at radius 3 is 2.40 bits per heavy atom. The molecule has 0 spiro atoms. The molecule has 2 nitrogen and oxygen atoms in total. The van der Waals surface area contributed by atoms with Gasteiger partial charge in [-0.2, -0.15) is 0 Å². The van der Waals surface area contributed by atoms with Gasteiger partial charge < -0.3 is 0 Å². The number of aromatic nitrogens is 2. The molecule has 2 aromatic carbocycles. The van der Waals surface area contributed by atoms with Crippen LogP contribution in [0.1, 0.15) is 26.6 Å². The standard InChI is InChI=1S/C18H18N2/c1-18(2,3)17-19-12-11-16(20-17)15-10-6-8-13-7-4-5-9-14(13)15/h4-12H,1-3H3. The summed E-state index contributed by atoms with van der Waals surface area (Å²) < 4.78 is 0. The van der Waals surface area contributed by atoms with Gasteiger partial charge in [-0.15, -0.1) is 0 Å². The maximum atomic E-state index is 4.75. The van der Waals surface area contributed by atoms with Gasteiger partial charge in [0.05, 0.1) is 5.69 Å². The van der Waals surface area contributed by atoms with Crippen LogP contribution in [0.3, 0.4) is 0 Å². The Morgan fingerprint density at radius 1 is 0.850 bits per heavy atom. The van der Waals surface area contributed by atoms with Crippen molar-refractivity contribution in [2.24, 2.45) is 0 Å². The highest BCUT2D eigenvalue weighted by Gasteiger charge is 2.18. The zero-order valence-electron chi connectivity index (χ0n) is 12.1. The summed E-state index contributed by atoms with van der Waals surface area (Å²) in [5.41, 5.74) is 2.11. The first-order chi connectivity index (χ1) is 9.55. The second-order valence-corrected chi connectivity index (χ2v) is 6.04. The van der Waals surface area contributed by atoms with Gasteiger partial charge in [-0.1, -0.05) is 63.2 Å². The molecule has 0 aliphatic carbocycles. The van der Waals surface area contributed by atoms with E-state index in [9.17, 15) is 0 Å². The lowest BCUT2D eigenvalue weighted by atomic mass is 9.95. The van der Waals surface area contributed by atoms with Crippen LogP contribution in [0.5, 0.6) is 0 Å². The summed E-state index contributed by atoms with van der Waals surface area (Å²) in [6, 6.07) is 16.7. The first kappa shape index (κ1) is 12.8. The summed E-state index contributed by atoms with van der Waals surface area (Å²) in [6.45, 7) is 6.40. The average Bonchev–Trinajstić information content (AvgIpc) is 2.46. The molecule has 0 aliphatic heterocycles. The molecule has 100 valence electrons. The molecule has 3 rings (SSSR count). The quantitative estimate of drug-likeness (QED) is 0.640. The lowest BCUT2D eigenvalue weighted by Gasteiger charge is -2.17. The van der Waals surface area contributed by atoms with E-state index in [1.807, 2.05) is 12.3 Å². The van der Waals surface area contributed by atoms with Gasteiger partial charge in [0.1, 0.15) is 5.82 Å². The fraction of sp³-hybridized carbons (Fsp3) is 0.222. The topological polar surface area (TPSA) is 25.8 Å². The molecular formula is C18H18N2. The van der Waals surface area contributed by atoms with Crippen LogP contribution in [-0.4, -0.2) is 9.97 Å². The van der Waals surface area contributed by atoms with Crippen LogP contribution in [0.2, 0.25) is 0 Å². The first-order valence-corrected chi connectivity index (χ1v) is 6.87. The van der Waals surface area contributed by atoms with Crippen LogP contribution in [0.15, 0.2) is 54.7 Å². The number of benzene rings is 2. The van der Waals surface area contributed by atoms with Gasteiger partial charge in [-0.3, -0.25) is 0 Å². The maximum absolute atomic E-state index is 4.75. The van der Waals surface area contributed by atoms with E-state index in [0.29, 0.717) is 0 Å². The highest BCUT2D eigenvalue weighted by molar-refractivity contribution is 5.95. The molecule has 3 aromatic rings. The zero-order chi connectivity index (χ0) is 14.2. The monoisotopic (exact) mass is 262 g/mol. The van der Waals surface area contributed by atoms with Gasteiger partial charge in [0, 0.05) is 17.2 Å². The summed E-state index contributed by atoms with van der Waals surface area (Å²) in [4.78, 5) is 9.16. The SMILES string of the molecule is CC(C)(C)c1nccc(-c2cccc3ccccc23)n1. The van der Waals surface area contributed by atoms with E-state index >= 15 is 0 Å².